The van der Waals surface area contributed by atoms with Crippen molar-refractivity contribution in [2.45, 2.75) is 39.5 Å². The molecule has 0 saturated carbocycles. The summed E-state index contributed by atoms with van der Waals surface area (Å²) >= 11 is 7.07. The molecule has 0 aromatic carbocycles. The summed E-state index contributed by atoms with van der Waals surface area (Å²) in [5, 5.41) is 0. The molecule has 2 N–H and O–H groups in total. The van der Waals surface area contributed by atoms with Crippen molar-refractivity contribution in [3.05, 3.63) is 13.8 Å². The van der Waals surface area contributed by atoms with Crippen LogP contribution in [0.2, 0.25) is 0 Å². The third-order valence-electron chi connectivity index (χ3n) is 0.707. The van der Waals surface area contributed by atoms with Gasteiger partial charge in [0.15, 0.2) is 0 Å². The molecule has 0 aromatic rings. The van der Waals surface area contributed by atoms with Gasteiger partial charge in [-0.1, -0.05) is 38.9 Å². The van der Waals surface area contributed by atoms with E-state index in [0.717, 1.165) is 12.8 Å². The van der Waals surface area contributed by atoms with Crippen LogP contribution in [0.4, 0.5) is 0 Å². The first-order valence-electron chi connectivity index (χ1n) is 4.20. The maximum Gasteiger partial charge on any atom is 2.00 e. The monoisotopic (exact) mass is 308 g/mol. The predicted octanol–water partition coefficient (Wildman–Crippen LogP) is 3.36. The van der Waals surface area contributed by atoms with Crippen LogP contribution in [0.1, 0.15) is 39.5 Å². The molecule has 84 valence electrons. The zero-order valence-corrected chi connectivity index (χ0v) is 14.7. The van der Waals surface area contributed by atoms with Gasteiger partial charge in [0, 0.05) is 0 Å². The Morgan fingerprint density at radius 3 is 1.21 bits per heavy atom. The molecule has 0 heterocycles. The summed E-state index contributed by atoms with van der Waals surface area (Å²) in [5.41, 5.74) is -3.11. The Morgan fingerprint density at radius 1 is 1.14 bits per heavy atom. The summed E-state index contributed by atoms with van der Waals surface area (Å²) in [6.07, 6.45) is 4.56. The fraction of sp³-hybridized carbons (Fsp3) is 0.750. The van der Waals surface area contributed by atoms with Crippen LogP contribution in [0.25, 0.3) is 0 Å². The number of hydrogen-bond acceptors (Lipinski definition) is 1. The molecule has 0 fully saturated rings. The Kier molecular flexibility index (Phi) is 35.3. The van der Waals surface area contributed by atoms with Crippen molar-refractivity contribution in [1.82, 2.24) is 0 Å². The van der Waals surface area contributed by atoms with Crippen LogP contribution < -0.4 is 0 Å². The van der Waals surface area contributed by atoms with Crippen LogP contribution in [0.15, 0.2) is 0 Å². The average Bonchev–Trinajstić information content (AvgIpc) is 2.01. The summed E-state index contributed by atoms with van der Waals surface area (Å²) in [5.74, 6) is 0. The summed E-state index contributed by atoms with van der Waals surface area (Å²) in [7, 11) is 0. The van der Waals surface area contributed by atoms with E-state index in [0.29, 0.717) is 0 Å². The topological polar surface area (TPSA) is 40.5 Å². The largest absolute Gasteiger partial charge is 2.00 e. The fourth-order valence-corrected chi connectivity index (χ4v) is 0. The van der Waals surface area contributed by atoms with E-state index in [4.69, 9.17) is 9.79 Å². The Hall–Kier alpha value is 1.54. The Morgan fingerprint density at radius 2 is 1.21 bits per heavy atom. The fourth-order valence-electron chi connectivity index (χ4n) is 0. The molecule has 0 aromatic heterocycles. The van der Waals surface area contributed by atoms with Crippen molar-refractivity contribution in [2.75, 3.05) is 0 Å². The van der Waals surface area contributed by atoms with Gasteiger partial charge in [-0.05, 0) is 11.8 Å². The molecule has 0 saturated heterocycles. The number of hydrogen-bond donors (Lipinski definition) is 3. The van der Waals surface area contributed by atoms with Crippen molar-refractivity contribution in [2.24, 2.45) is 0 Å². The van der Waals surface area contributed by atoms with Gasteiger partial charge in [-0.15, -0.1) is 0 Å². The first kappa shape index (κ1) is 24.7. The molecule has 0 rings (SSSR count). The second kappa shape index (κ2) is 20.0. The SMILES string of the molecule is OP(O)(=S)S.[CH2-]CCC.[CH2-]CCC.[Zn+2]. The van der Waals surface area contributed by atoms with Crippen LogP contribution in [0.5, 0.6) is 0 Å². The van der Waals surface area contributed by atoms with E-state index < -0.39 is 5.69 Å². The van der Waals surface area contributed by atoms with E-state index in [2.05, 4.69) is 51.8 Å². The van der Waals surface area contributed by atoms with Gasteiger partial charge < -0.3 is 23.6 Å². The van der Waals surface area contributed by atoms with E-state index in [-0.39, 0.29) is 19.5 Å². The van der Waals surface area contributed by atoms with Gasteiger partial charge in [0.1, 0.15) is 0 Å². The van der Waals surface area contributed by atoms with Gasteiger partial charge in [0.25, 0.3) is 0 Å². The molecule has 0 bridgehead atoms. The molecule has 0 aliphatic carbocycles. The molecule has 0 amide bonds. The third-order valence-corrected chi connectivity index (χ3v) is 0.707. The molecule has 0 spiro atoms. The van der Waals surface area contributed by atoms with Crippen LogP contribution in [0.3, 0.4) is 0 Å². The van der Waals surface area contributed by atoms with Crippen LogP contribution >= 0.6 is 17.9 Å². The minimum atomic E-state index is -3.11. The molecule has 0 aliphatic heterocycles. The molecule has 6 heteroatoms. The van der Waals surface area contributed by atoms with Crippen molar-refractivity contribution in [1.29, 1.82) is 0 Å². The number of thiol groups is 1. The van der Waals surface area contributed by atoms with Gasteiger partial charge in [0.05, 0.1) is 0 Å². The molecule has 0 radical (unpaired) electrons. The van der Waals surface area contributed by atoms with Crippen molar-refractivity contribution < 1.29 is 29.3 Å². The second-order valence-corrected chi connectivity index (χ2v) is 7.26. The molecular weight excluding hydrogens is 289 g/mol. The van der Waals surface area contributed by atoms with Crippen molar-refractivity contribution >= 4 is 29.7 Å². The van der Waals surface area contributed by atoms with Crippen molar-refractivity contribution in [3.63, 3.8) is 0 Å². The maximum atomic E-state index is 7.87. The molecule has 0 atom stereocenters. The maximum absolute atomic E-state index is 7.87. The van der Waals surface area contributed by atoms with E-state index in [1.807, 2.05) is 0 Å². The molecule has 2 nitrogen and oxygen atoms in total. The van der Waals surface area contributed by atoms with Gasteiger partial charge in [0.2, 0.25) is 5.69 Å². The van der Waals surface area contributed by atoms with Crippen LogP contribution in [-0.4, -0.2) is 9.79 Å². The van der Waals surface area contributed by atoms with Gasteiger partial charge >= 0.3 is 19.5 Å². The third kappa shape index (κ3) is 170. The predicted molar refractivity (Wildman–Crippen MR) is 68.2 cm³/mol. The van der Waals surface area contributed by atoms with Crippen LogP contribution in [-0.2, 0) is 31.3 Å². The van der Waals surface area contributed by atoms with Crippen molar-refractivity contribution in [3.8, 4) is 0 Å². The average molecular weight is 310 g/mol. The zero-order chi connectivity index (χ0) is 11.3. The second-order valence-electron chi connectivity index (χ2n) is 2.22. The first-order valence-corrected chi connectivity index (χ1v) is 8.06. The van der Waals surface area contributed by atoms with E-state index >= 15 is 0 Å². The Bertz CT molecular complexity index is 104. The van der Waals surface area contributed by atoms with E-state index in [1.54, 1.807) is 0 Å². The van der Waals surface area contributed by atoms with Gasteiger partial charge in [-0.3, -0.25) is 0 Å². The summed E-state index contributed by atoms with van der Waals surface area (Å²) < 4.78 is 0. The number of unbranched alkanes of at least 4 members (excludes halogenated alkanes) is 2. The zero-order valence-electron chi connectivity index (χ0n) is 9.15. The first-order chi connectivity index (χ1) is 5.83. The van der Waals surface area contributed by atoms with Crippen LogP contribution in [0, 0.1) is 13.8 Å². The van der Waals surface area contributed by atoms with E-state index in [9.17, 15) is 0 Å². The molecular formula is C8H21O2PS2Zn. The standard InChI is InChI=1S/2C4H9.H3O2PS2.Zn/c2*1-3-4-2;1-3(2,4)5;/h2*1,3-4H2,2H3;(H3,1,2,4,5);/q2*-1;;+2. The normalized spacial score (nSPS) is 8.50. The number of rotatable bonds is 2. The Balaban J connectivity index is -0.0000000522. The molecule has 0 aliphatic rings. The Labute approximate surface area is 112 Å². The van der Waals surface area contributed by atoms with Gasteiger partial charge in [-0.2, -0.15) is 12.8 Å². The smallest absolute Gasteiger partial charge is 0.343 e. The molecule has 0 unspecified atom stereocenters. The van der Waals surface area contributed by atoms with Gasteiger partial charge in [-0.25, -0.2) is 0 Å². The molecule has 14 heavy (non-hydrogen) atoms. The summed E-state index contributed by atoms with van der Waals surface area (Å²) in [6, 6.07) is 0. The van der Waals surface area contributed by atoms with E-state index in [1.165, 1.54) is 12.8 Å². The summed E-state index contributed by atoms with van der Waals surface area (Å²) in [6.45, 7) is 11.4. The quantitative estimate of drug-likeness (QED) is 0.317. The minimum Gasteiger partial charge on any atom is -0.343 e. The minimum absolute atomic E-state index is 0. The summed E-state index contributed by atoms with van der Waals surface area (Å²) in [4.78, 5) is 15.7.